The summed E-state index contributed by atoms with van der Waals surface area (Å²) in [4.78, 5) is 11.8. The van der Waals surface area contributed by atoms with Crippen LogP contribution in [0.15, 0.2) is 53.4 Å². The quantitative estimate of drug-likeness (QED) is 0.846. The first-order valence-electron chi connectivity index (χ1n) is 7.88. The van der Waals surface area contributed by atoms with Crippen LogP contribution >= 0.6 is 0 Å². The molecule has 6 heteroatoms. The molecule has 0 heterocycles. The summed E-state index contributed by atoms with van der Waals surface area (Å²) < 4.78 is 32.8. The third kappa shape index (κ3) is 3.34. The zero-order chi connectivity index (χ0) is 17.2. The lowest BCUT2D eigenvalue weighted by molar-refractivity contribution is 0.0526. The first kappa shape index (κ1) is 16.7. The van der Waals surface area contributed by atoms with Crippen LogP contribution in [-0.4, -0.2) is 21.0 Å². The number of fused-ring (bicyclic) bond motifs is 1. The van der Waals surface area contributed by atoms with Gasteiger partial charge in [0.15, 0.2) is 0 Å². The number of hydrogen-bond donors (Lipinski definition) is 1. The van der Waals surface area contributed by atoms with Gasteiger partial charge in [0.05, 0.1) is 17.1 Å². The number of sulfonamides is 1. The van der Waals surface area contributed by atoms with E-state index in [-0.39, 0.29) is 17.5 Å². The Hall–Kier alpha value is -2.18. The van der Waals surface area contributed by atoms with Crippen molar-refractivity contribution in [1.29, 1.82) is 0 Å². The second-order valence-electron chi connectivity index (χ2n) is 5.66. The summed E-state index contributed by atoms with van der Waals surface area (Å²) in [6.45, 7) is 2.00. The molecule has 3 rings (SSSR count). The minimum Gasteiger partial charge on any atom is -0.462 e. The number of nitrogens with one attached hydrogen (secondary N) is 1. The van der Waals surface area contributed by atoms with E-state index in [1.54, 1.807) is 6.92 Å². The highest BCUT2D eigenvalue weighted by Crippen LogP contribution is 2.32. The van der Waals surface area contributed by atoms with Gasteiger partial charge in [-0.25, -0.2) is 17.9 Å². The molecule has 0 fully saturated rings. The van der Waals surface area contributed by atoms with Crippen LogP contribution in [0.2, 0.25) is 0 Å². The van der Waals surface area contributed by atoms with Crippen LogP contribution in [0.4, 0.5) is 0 Å². The van der Waals surface area contributed by atoms with Gasteiger partial charge in [0.2, 0.25) is 10.0 Å². The van der Waals surface area contributed by atoms with Gasteiger partial charge in [0.1, 0.15) is 0 Å². The van der Waals surface area contributed by atoms with E-state index in [2.05, 4.69) is 4.72 Å². The molecule has 2 aromatic carbocycles. The van der Waals surface area contributed by atoms with Crippen molar-refractivity contribution < 1.29 is 17.9 Å². The lowest BCUT2D eigenvalue weighted by Crippen LogP contribution is -2.27. The molecule has 2 aromatic rings. The van der Waals surface area contributed by atoms with Crippen LogP contribution in [0.5, 0.6) is 0 Å². The highest BCUT2D eigenvalue weighted by atomic mass is 32.2. The Morgan fingerprint density at radius 1 is 1.17 bits per heavy atom. The fraction of sp³-hybridized carbons (Fsp3) is 0.278. The standard InChI is InChI=1S/C18H19NO4S/c1-2-23-18(20)14-7-10-15(11-8-14)24(21,22)19-17-12-9-13-5-3-4-6-16(13)17/h3-8,10-11,17,19H,2,9,12H2,1H3. The van der Waals surface area contributed by atoms with E-state index in [0.717, 1.165) is 18.4 Å². The zero-order valence-electron chi connectivity index (χ0n) is 13.4. The third-order valence-corrected chi connectivity index (χ3v) is 5.59. The molecule has 1 N–H and O–H groups in total. The van der Waals surface area contributed by atoms with E-state index >= 15 is 0 Å². The Morgan fingerprint density at radius 2 is 1.88 bits per heavy atom. The molecular formula is C18H19NO4S. The number of carbonyl (C=O) groups excluding carboxylic acids is 1. The van der Waals surface area contributed by atoms with Gasteiger partial charge in [-0.3, -0.25) is 0 Å². The van der Waals surface area contributed by atoms with E-state index in [1.165, 1.54) is 29.8 Å². The van der Waals surface area contributed by atoms with Crippen molar-refractivity contribution in [3.05, 3.63) is 65.2 Å². The fourth-order valence-corrected chi connectivity index (χ4v) is 4.17. The molecule has 0 aliphatic heterocycles. The van der Waals surface area contributed by atoms with Gasteiger partial charge in [-0.15, -0.1) is 0 Å². The molecule has 0 radical (unpaired) electrons. The van der Waals surface area contributed by atoms with Gasteiger partial charge in [-0.2, -0.15) is 0 Å². The molecule has 0 amide bonds. The Bertz CT molecular complexity index is 844. The Balaban J connectivity index is 1.78. The second-order valence-corrected chi connectivity index (χ2v) is 7.37. The highest BCUT2D eigenvalue weighted by Gasteiger charge is 2.27. The van der Waals surface area contributed by atoms with Crippen molar-refractivity contribution in [1.82, 2.24) is 4.72 Å². The SMILES string of the molecule is CCOC(=O)c1ccc(S(=O)(=O)NC2CCc3ccccc32)cc1. The molecule has 1 aliphatic carbocycles. The Morgan fingerprint density at radius 3 is 2.58 bits per heavy atom. The first-order chi connectivity index (χ1) is 11.5. The van der Waals surface area contributed by atoms with Crippen molar-refractivity contribution in [2.45, 2.75) is 30.7 Å². The third-order valence-electron chi connectivity index (χ3n) is 4.11. The predicted molar refractivity (Wildman–Crippen MR) is 90.2 cm³/mol. The molecular weight excluding hydrogens is 326 g/mol. The van der Waals surface area contributed by atoms with Crippen LogP contribution in [0.1, 0.15) is 40.9 Å². The molecule has 5 nitrogen and oxygen atoms in total. The molecule has 0 saturated carbocycles. The molecule has 0 bridgehead atoms. The fourth-order valence-electron chi connectivity index (χ4n) is 2.92. The van der Waals surface area contributed by atoms with Crippen LogP contribution in [0.3, 0.4) is 0 Å². The summed E-state index contributed by atoms with van der Waals surface area (Å²) in [6, 6.07) is 13.4. The Kier molecular flexibility index (Phi) is 4.69. The van der Waals surface area contributed by atoms with Gasteiger partial charge in [0, 0.05) is 6.04 Å². The minimum atomic E-state index is -3.64. The van der Waals surface area contributed by atoms with Crippen LogP contribution in [0.25, 0.3) is 0 Å². The molecule has 1 atom stereocenters. The smallest absolute Gasteiger partial charge is 0.338 e. The summed E-state index contributed by atoms with van der Waals surface area (Å²) in [6.07, 6.45) is 1.62. The molecule has 0 spiro atoms. The normalized spacial score (nSPS) is 16.6. The number of benzene rings is 2. The molecule has 1 aliphatic rings. The maximum absolute atomic E-state index is 12.6. The lowest BCUT2D eigenvalue weighted by atomic mass is 10.1. The van der Waals surface area contributed by atoms with Gasteiger partial charge < -0.3 is 4.74 Å². The monoisotopic (exact) mass is 345 g/mol. The van der Waals surface area contributed by atoms with Crippen LogP contribution in [0, 0.1) is 0 Å². The topological polar surface area (TPSA) is 72.5 Å². The molecule has 0 aromatic heterocycles. The van der Waals surface area contributed by atoms with Gasteiger partial charge in [0.25, 0.3) is 0 Å². The van der Waals surface area contributed by atoms with E-state index < -0.39 is 16.0 Å². The minimum absolute atomic E-state index is 0.139. The maximum Gasteiger partial charge on any atom is 0.338 e. The van der Waals surface area contributed by atoms with Gasteiger partial charge in [-0.1, -0.05) is 24.3 Å². The molecule has 126 valence electrons. The molecule has 1 unspecified atom stereocenters. The summed E-state index contributed by atoms with van der Waals surface area (Å²) in [5.41, 5.74) is 2.55. The second kappa shape index (κ2) is 6.75. The first-order valence-corrected chi connectivity index (χ1v) is 9.37. The van der Waals surface area contributed by atoms with Crippen molar-refractivity contribution in [2.24, 2.45) is 0 Å². The van der Waals surface area contributed by atoms with E-state index in [0.29, 0.717) is 5.56 Å². The summed E-state index contributed by atoms with van der Waals surface area (Å²) in [7, 11) is -3.64. The summed E-state index contributed by atoms with van der Waals surface area (Å²) in [5.74, 6) is -0.459. The van der Waals surface area contributed by atoms with Gasteiger partial charge in [-0.05, 0) is 55.2 Å². The predicted octanol–water partition coefficient (Wildman–Crippen LogP) is 2.83. The number of aryl methyl sites for hydroxylation is 1. The number of esters is 1. The van der Waals surface area contributed by atoms with E-state index in [9.17, 15) is 13.2 Å². The van der Waals surface area contributed by atoms with Crippen LogP contribution < -0.4 is 4.72 Å². The highest BCUT2D eigenvalue weighted by molar-refractivity contribution is 7.89. The largest absolute Gasteiger partial charge is 0.462 e. The van der Waals surface area contributed by atoms with E-state index in [1.807, 2.05) is 24.3 Å². The maximum atomic E-state index is 12.6. The summed E-state index contributed by atoms with van der Waals surface area (Å²) >= 11 is 0. The number of ether oxygens (including phenoxy) is 1. The molecule has 0 saturated heterocycles. The average Bonchev–Trinajstić information content (AvgIpc) is 2.98. The molecule has 24 heavy (non-hydrogen) atoms. The zero-order valence-corrected chi connectivity index (χ0v) is 14.2. The van der Waals surface area contributed by atoms with Crippen LogP contribution in [-0.2, 0) is 21.2 Å². The number of rotatable bonds is 5. The number of carbonyl (C=O) groups is 1. The van der Waals surface area contributed by atoms with Crippen molar-refractivity contribution >= 4 is 16.0 Å². The Labute approximate surface area is 141 Å². The van der Waals surface area contributed by atoms with Crippen molar-refractivity contribution in [3.8, 4) is 0 Å². The lowest BCUT2D eigenvalue weighted by Gasteiger charge is -2.14. The average molecular weight is 345 g/mol. The van der Waals surface area contributed by atoms with Crippen molar-refractivity contribution in [3.63, 3.8) is 0 Å². The number of hydrogen-bond acceptors (Lipinski definition) is 4. The van der Waals surface area contributed by atoms with E-state index in [4.69, 9.17) is 4.74 Å². The van der Waals surface area contributed by atoms with Crippen molar-refractivity contribution in [2.75, 3.05) is 6.61 Å². The summed E-state index contributed by atoms with van der Waals surface area (Å²) in [5, 5.41) is 0. The van der Waals surface area contributed by atoms with Gasteiger partial charge >= 0.3 is 5.97 Å².